The van der Waals surface area contributed by atoms with Crippen molar-refractivity contribution in [2.45, 2.75) is 27.2 Å². The SMILES string of the molecule is CCC(=O)Nc1ccc2c(c1)OCC(C)(C)C(=O)N2C. The molecule has 1 heterocycles. The summed E-state index contributed by atoms with van der Waals surface area (Å²) in [4.78, 5) is 25.3. The lowest BCUT2D eigenvalue weighted by Crippen LogP contribution is -2.39. The van der Waals surface area contributed by atoms with Crippen molar-refractivity contribution < 1.29 is 14.3 Å². The molecule has 0 bridgehead atoms. The second-order valence-electron chi connectivity index (χ2n) is 5.62. The van der Waals surface area contributed by atoms with Gasteiger partial charge in [-0.2, -0.15) is 0 Å². The molecule has 1 aliphatic rings. The van der Waals surface area contributed by atoms with Gasteiger partial charge < -0.3 is 15.0 Å². The van der Waals surface area contributed by atoms with Gasteiger partial charge in [0.2, 0.25) is 11.8 Å². The zero-order valence-corrected chi connectivity index (χ0v) is 12.3. The Morgan fingerprint density at radius 1 is 1.45 bits per heavy atom. The lowest BCUT2D eigenvalue weighted by molar-refractivity contribution is -0.127. The van der Waals surface area contributed by atoms with Crippen molar-refractivity contribution in [2.24, 2.45) is 5.41 Å². The molecule has 0 fully saturated rings. The third-order valence-electron chi connectivity index (χ3n) is 3.40. The van der Waals surface area contributed by atoms with E-state index in [0.717, 1.165) is 5.69 Å². The van der Waals surface area contributed by atoms with E-state index in [1.165, 1.54) is 0 Å². The number of nitrogens with one attached hydrogen (secondary N) is 1. The largest absolute Gasteiger partial charge is 0.490 e. The highest BCUT2D eigenvalue weighted by molar-refractivity contribution is 5.99. The summed E-state index contributed by atoms with van der Waals surface area (Å²) in [5, 5.41) is 2.79. The minimum Gasteiger partial charge on any atom is -0.490 e. The molecule has 1 N–H and O–H groups in total. The molecule has 0 unspecified atom stereocenters. The number of rotatable bonds is 2. The van der Waals surface area contributed by atoms with Gasteiger partial charge in [-0.25, -0.2) is 0 Å². The Bertz CT molecular complexity index is 552. The topological polar surface area (TPSA) is 58.6 Å². The van der Waals surface area contributed by atoms with Gasteiger partial charge in [0.1, 0.15) is 12.4 Å². The fourth-order valence-electron chi connectivity index (χ4n) is 2.12. The number of hydrogen-bond acceptors (Lipinski definition) is 3. The van der Waals surface area contributed by atoms with E-state index in [0.29, 0.717) is 24.5 Å². The van der Waals surface area contributed by atoms with E-state index in [1.807, 2.05) is 13.8 Å². The first-order valence-corrected chi connectivity index (χ1v) is 6.70. The van der Waals surface area contributed by atoms with Gasteiger partial charge >= 0.3 is 0 Å². The molecule has 2 rings (SSSR count). The van der Waals surface area contributed by atoms with E-state index in [2.05, 4.69) is 5.32 Å². The Hall–Kier alpha value is -2.04. The van der Waals surface area contributed by atoms with Crippen molar-refractivity contribution in [1.29, 1.82) is 0 Å². The second-order valence-corrected chi connectivity index (χ2v) is 5.62. The summed E-state index contributed by atoms with van der Waals surface area (Å²) in [7, 11) is 1.74. The lowest BCUT2D eigenvalue weighted by atomic mass is 9.93. The molecule has 2 amide bonds. The molecule has 0 spiro atoms. The Morgan fingerprint density at radius 3 is 2.80 bits per heavy atom. The molecule has 5 nitrogen and oxygen atoms in total. The normalized spacial score (nSPS) is 17.0. The highest BCUT2D eigenvalue weighted by atomic mass is 16.5. The minimum atomic E-state index is -0.569. The van der Waals surface area contributed by atoms with Crippen LogP contribution in [0.25, 0.3) is 0 Å². The van der Waals surface area contributed by atoms with Gasteiger partial charge in [0.05, 0.1) is 11.1 Å². The van der Waals surface area contributed by atoms with E-state index < -0.39 is 5.41 Å². The van der Waals surface area contributed by atoms with Crippen LogP contribution in [0.3, 0.4) is 0 Å². The van der Waals surface area contributed by atoms with E-state index >= 15 is 0 Å². The molecule has 1 aliphatic heterocycles. The van der Waals surface area contributed by atoms with Crippen LogP contribution in [0.1, 0.15) is 27.2 Å². The Morgan fingerprint density at radius 2 is 2.15 bits per heavy atom. The first-order valence-electron chi connectivity index (χ1n) is 6.70. The summed E-state index contributed by atoms with van der Waals surface area (Å²) in [6.07, 6.45) is 0.420. The van der Waals surface area contributed by atoms with Gasteiger partial charge in [-0.3, -0.25) is 9.59 Å². The van der Waals surface area contributed by atoms with E-state index in [-0.39, 0.29) is 11.8 Å². The smallest absolute Gasteiger partial charge is 0.235 e. The number of hydrogen-bond donors (Lipinski definition) is 1. The van der Waals surface area contributed by atoms with Gasteiger partial charge in [0.25, 0.3) is 0 Å². The van der Waals surface area contributed by atoms with Crippen LogP contribution < -0.4 is 15.0 Å². The molecule has 0 saturated carbocycles. The first kappa shape index (κ1) is 14.4. The fourth-order valence-corrected chi connectivity index (χ4v) is 2.12. The standard InChI is InChI=1S/C15H20N2O3/c1-5-13(18)16-10-6-7-11-12(8-10)20-9-15(2,3)14(19)17(11)4/h6-8H,5,9H2,1-4H3,(H,16,18). The number of carbonyl (C=O) groups excluding carboxylic acids is 2. The highest BCUT2D eigenvalue weighted by Crippen LogP contribution is 2.37. The maximum atomic E-state index is 12.3. The summed E-state index contributed by atoms with van der Waals surface area (Å²) in [5.41, 5.74) is 0.826. The molecule has 5 heteroatoms. The monoisotopic (exact) mass is 276 g/mol. The lowest BCUT2D eigenvalue weighted by Gasteiger charge is -2.24. The van der Waals surface area contributed by atoms with Crippen LogP contribution in [-0.4, -0.2) is 25.5 Å². The van der Waals surface area contributed by atoms with Crippen LogP contribution >= 0.6 is 0 Å². The van der Waals surface area contributed by atoms with Crippen LogP contribution in [0.5, 0.6) is 5.75 Å². The molecule has 0 radical (unpaired) electrons. The summed E-state index contributed by atoms with van der Waals surface area (Å²) >= 11 is 0. The third-order valence-corrected chi connectivity index (χ3v) is 3.40. The number of nitrogens with zero attached hydrogens (tertiary/aromatic N) is 1. The Balaban J connectivity index is 2.34. The van der Waals surface area contributed by atoms with Crippen molar-refractivity contribution in [3.63, 3.8) is 0 Å². The maximum absolute atomic E-state index is 12.3. The molecule has 1 aromatic carbocycles. The predicted octanol–water partition coefficient (Wildman–Crippen LogP) is 2.42. The number of benzene rings is 1. The average Bonchev–Trinajstić information content (AvgIpc) is 2.50. The molecule has 0 saturated heterocycles. The highest BCUT2D eigenvalue weighted by Gasteiger charge is 2.36. The van der Waals surface area contributed by atoms with Crippen molar-refractivity contribution in [1.82, 2.24) is 0 Å². The zero-order valence-electron chi connectivity index (χ0n) is 12.3. The van der Waals surface area contributed by atoms with Gasteiger partial charge in [-0.15, -0.1) is 0 Å². The molecule has 20 heavy (non-hydrogen) atoms. The van der Waals surface area contributed by atoms with Crippen LogP contribution in [0.15, 0.2) is 18.2 Å². The summed E-state index contributed by atoms with van der Waals surface area (Å²) in [6, 6.07) is 5.33. The molecule has 108 valence electrons. The fraction of sp³-hybridized carbons (Fsp3) is 0.467. The molecule has 0 atom stereocenters. The van der Waals surface area contributed by atoms with Gasteiger partial charge in [0, 0.05) is 25.2 Å². The minimum absolute atomic E-state index is 0.0154. The average molecular weight is 276 g/mol. The maximum Gasteiger partial charge on any atom is 0.235 e. The second kappa shape index (κ2) is 5.15. The van der Waals surface area contributed by atoms with Gasteiger partial charge in [-0.05, 0) is 26.0 Å². The first-order chi connectivity index (χ1) is 9.35. The van der Waals surface area contributed by atoms with Crippen LogP contribution in [0, 0.1) is 5.41 Å². The number of amides is 2. The van der Waals surface area contributed by atoms with Crippen molar-refractivity contribution in [3.8, 4) is 5.75 Å². The zero-order chi connectivity index (χ0) is 14.9. The Kier molecular flexibility index (Phi) is 3.70. The van der Waals surface area contributed by atoms with Gasteiger partial charge in [0.15, 0.2) is 0 Å². The summed E-state index contributed by atoms with van der Waals surface area (Å²) in [6.45, 7) is 5.83. The van der Waals surface area contributed by atoms with E-state index in [1.54, 1.807) is 37.1 Å². The van der Waals surface area contributed by atoms with E-state index in [4.69, 9.17) is 4.74 Å². The Labute approximate surface area is 118 Å². The number of ether oxygens (including phenoxy) is 1. The molecule has 0 aliphatic carbocycles. The van der Waals surface area contributed by atoms with Crippen LogP contribution in [-0.2, 0) is 9.59 Å². The molecular formula is C15H20N2O3. The quantitative estimate of drug-likeness (QED) is 0.902. The summed E-state index contributed by atoms with van der Waals surface area (Å²) < 4.78 is 5.75. The van der Waals surface area contributed by atoms with Crippen molar-refractivity contribution in [2.75, 3.05) is 23.9 Å². The van der Waals surface area contributed by atoms with E-state index in [9.17, 15) is 9.59 Å². The third kappa shape index (κ3) is 2.61. The molecule has 1 aromatic rings. The molecular weight excluding hydrogens is 256 g/mol. The van der Waals surface area contributed by atoms with Crippen LogP contribution in [0.2, 0.25) is 0 Å². The van der Waals surface area contributed by atoms with Crippen LogP contribution in [0.4, 0.5) is 11.4 Å². The number of fused-ring (bicyclic) bond motifs is 1. The van der Waals surface area contributed by atoms with Crippen molar-refractivity contribution >= 4 is 23.2 Å². The summed E-state index contributed by atoms with van der Waals surface area (Å²) in [5.74, 6) is 0.574. The van der Waals surface area contributed by atoms with Gasteiger partial charge in [-0.1, -0.05) is 6.92 Å². The molecule has 0 aromatic heterocycles. The predicted molar refractivity (Wildman–Crippen MR) is 78.0 cm³/mol. The van der Waals surface area contributed by atoms with Crippen molar-refractivity contribution in [3.05, 3.63) is 18.2 Å². The number of carbonyl (C=O) groups is 2. The number of anilines is 2.